The number of alkyl carbamates (subject to hydrolysis) is 1. The van der Waals surface area contributed by atoms with Gasteiger partial charge in [-0.1, -0.05) is 86.6 Å². The average Bonchev–Trinajstić information content (AvgIpc) is 2.82. The van der Waals surface area contributed by atoms with Gasteiger partial charge in [0.2, 0.25) is 11.8 Å². The number of carbonyl (C=O) groups is 3. The van der Waals surface area contributed by atoms with Crippen molar-refractivity contribution in [2.24, 2.45) is 11.7 Å². The molecule has 0 bridgehead atoms. The Morgan fingerprint density at radius 3 is 2.24 bits per heavy atom. The summed E-state index contributed by atoms with van der Waals surface area (Å²) < 4.78 is 5.33. The molecule has 0 spiro atoms. The average molecular weight is 462 g/mol. The highest BCUT2D eigenvalue weighted by Crippen LogP contribution is 2.20. The molecule has 2 atom stereocenters. The van der Waals surface area contributed by atoms with Gasteiger partial charge >= 0.3 is 6.09 Å². The minimum Gasteiger partial charge on any atom is -0.445 e. The van der Waals surface area contributed by atoms with Crippen molar-refractivity contribution < 1.29 is 19.1 Å². The number of hydrogen-bond donors (Lipinski definition) is 3. The van der Waals surface area contributed by atoms with Gasteiger partial charge in [-0.3, -0.25) is 9.59 Å². The van der Waals surface area contributed by atoms with Gasteiger partial charge in [-0.15, -0.1) is 0 Å². The van der Waals surface area contributed by atoms with Crippen molar-refractivity contribution >= 4 is 28.7 Å². The van der Waals surface area contributed by atoms with Crippen molar-refractivity contribution in [3.05, 3.63) is 83.9 Å². The smallest absolute Gasteiger partial charge is 0.408 e. The van der Waals surface area contributed by atoms with Gasteiger partial charge in [-0.2, -0.15) is 0 Å². The monoisotopic (exact) mass is 461 g/mol. The molecule has 0 saturated carbocycles. The molecule has 0 aromatic heterocycles. The van der Waals surface area contributed by atoms with Crippen LogP contribution in [-0.2, 0) is 27.4 Å². The molecule has 0 aliphatic heterocycles. The Labute approximate surface area is 199 Å². The molecule has 0 unspecified atom stereocenters. The van der Waals surface area contributed by atoms with E-state index >= 15 is 0 Å². The van der Waals surface area contributed by atoms with Gasteiger partial charge in [0.25, 0.3) is 0 Å². The van der Waals surface area contributed by atoms with Gasteiger partial charge in [0.1, 0.15) is 18.7 Å². The fourth-order valence-electron chi connectivity index (χ4n) is 3.80. The maximum atomic E-state index is 13.2. The zero-order valence-corrected chi connectivity index (χ0v) is 19.5. The molecule has 34 heavy (non-hydrogen) atoms. The van der Waals surface area contributed by atoms with Gasteiger partial charge in [-0.25, -0.2) is 4.79 Å². The van der Waals surface area contributed by atoms with Gasteiger partial charge in [0, 0.05) is 6.42 Å². The number of rotatable bonds is 10. The summed E-state index contributed by atoms with van der Waals surface area (Å²) in [5.74, 6) is -0.954. The molecular formula is C27H31N3O4. The highest BCUT2D eigenvalue weighted by molar-refractivity contribution is 5.92. The highest BCUT2D eigenvalue weighted by Gasteiger charge is 2.27. The zero-order chi connectivity index (χ0) is 24.5. The van der Waals surface area contributed by atoms with Crippen molar-refractivity contribution in [3.8, 4) is 0 Å². The first kappa shape index (κ1) is 24.8. The Kier molecular flexibility index (Phi) is 8.62. The molecule has 4 N–H and O–H groups in total. The Morgan fingerprint density at radius 1 is 0.853 bits per heavy atom. The van der Waals surface area contributed by atoms with E-state index in [0.717, 1.165) is 21.9 Å². The lowest BCUT2D eigenvalue weighted by atomic mass is 9.97. The van der Waals surface area contributed by atoms with E-state index in [1.165, 1.54) is 0 Å². The van der Waals surface area contributed by atoms with E-state index in [4.69, 9.17) is 10.5 Å². The van der Waals surface area contributed by atoms with Crippen LogP contribution >= 0.6 is 0 Å². The van der Waals surface area contributed by atoms with Crippen LogP contribution in [0.1, 0.15) is 31.4 Å². The summed E-state index contributed by atoms with van der Waals surface area (Å²) in [5.41, 5.74) is 7.23. The molecule has 0 saturated heterocycles. The normalized spacial score (nSPS) is 12.7. The third-order valence-electron chi connectivity index (χ3n) is 5.49. The number of ether oxygens (including phenoxy) is 1. The summed E-state index contributed by atoms with van der Waals surface area (Å²) in [6.07, 6.45) is -0.0925. The number of carbonyl (C=O) groups excluding carboxylic acids is 3. The minimum atomic E-state index is -0.955. The number of hydrogen-bond acceptors (Lipinski definition) is 4. The molecule has 7 nitrogen and oxygen atoms in total. The molecular weight excluding hydrogens is 430 g/mol. The summed E-state index contributed by atoms with van der Waals surface area (Å²) in [7, 11) is 0. The first-order chi connectivity index (χ1) is 16.3. The van der Waals surface area contributed by atoms with E-state index in [1.54, 1.807) is 0 Å². The SMILES string of the molecule is CC(C)C[C@H](NC(=O)[C@H](Cc1cccc2ccccc12)NC(=O)OCc1ccccc1)C(N)=O. The van der Waals surface area contributed by atoms with Gasteiger partial charge in [0.15, 0.2) is 0 Å². The molecule has 3 aromatic rings. The molecule has 3 rings (SSSR count). The Bertz CT molecular complexity index is 1130. The second kappa shape index (κ2) is 11.8. The summed E-state index contributed by atoms with van der Waals surface area (Å²) in [4.78, 5) is 37.7. The van der Waals surface area contributed by atoms with E-state index < -0.39 is 30.0 Å². The summed E-state index contributed by atoms with van der Waals surface area (Å²) in [5, 5.41) is 7.39. The molecule has 0 aliphatic rings. The highest BCUT2D eigenvalue weighted by atomic mass is 16.5. The van der Waals surface area contributed by atoms with Crippen LogP contribution < -0.4 is 16.4 Å². The second-order valence-corrected chi connectivity index (χ2v) is 8.69. The van der Waals surface area contributed by atoms with Gasteiger partial charge in [-0.05, 0) is 34.2 Å². The number of fused-ring (bicyclic) bond motifs is 1. The predicted molar refractivity (Wildman–Crippen MR) is 132 cm³/mol. The van der Waals surface area contributed by atoms with Crippen LogP contribution in [0.2, 0.25) is 0 Å². The van der Waals surface area contributed by atoms with E-state index in [2.05, 4.69) is 10.6 Å². The lowest BCUT2D eigenvalue weighted by Crippen LogP contribution is -2.54. The van der Waals surface area contributed by atoms with Crippen molar-refractivity contribution in [1.82, 2.24) is 10.6 Å². The van der Waals surface area contributed by atoms with E-state index in [1.807, 2.05) is 86.6 Å². The van der Waals surface area contributed by atoms with Crippen LogP contribution in [0.4, 0.5) is 4.79 Å². The van der Waals surface area contributed by atoms with Crippen LogP contribution in [0, 0.1) is 5.92 Å². The number of benzene rings is 3. The van der Waals surface area contributed by atoms with Crippen LogP contribution in [0.5, 0.6) is 0 Å². The largest absolute Gasteiger partial charge is 0.445 e. The lowest BCUT2D eigenvalue weighted by Gasteiger charge is -2.23. The zero-order valence-electron chi connectivity index (χ0n) is 19.5. The Morgan fingerprint density at radius 2 is 1.53 bits per heavy atom. The fourth-order valence-corrected chi connectivity index (χ4v) is 3.80. The number of nitrogens with one attached hydrogen (secondary N) is 2. The molecule has 3 amide bonds. The second-order valence-electron chi connectivity index (χ2n) is 8.69. The van der Waals surface area contributed by atoms with Crippen molar-refractivity contribution in [3.63, 3.8) is 0 Å². The third kappa shape index (κ3) is 7.07. The Hall–Kier alpha value is -3.87. The number of primary amides is 1. The molecule has 7 heteroatoms. The standard InChI is InChI=1S/C27H31N3O4/c1-18(2)15-23(25(28)31)29-26(32)24(30-27(33)34-17-19-9-4-3-5-10-19)16-21-13-8-12-20-11-6-7-14-22(20)21/h3-14,18,23-24H,15-17H2,1-2H3,(H2,28,31)(H,29,32)(H,30,33)/t23-,24-/m0/s1. The molecule has 0 heterocycles. The summed E-state index contributed by atoms with van der Waals surface area (Å²) >= 11 is 0. The van der Waals surface area contributed by atoms with Crippen LogP contribution in [-0.4, -0.2) is 30.0 Å². The van der Waals surface area contributed by atoms with Gasteiger partial charge in [0.05, 0.1) is 0 Å². The van der Waals surface area contributed by atoms with Crippen LogP contribution in [0.3, 0.4) is 0 Å². The number of nitrogens with two attached hydrogens (primary N) is 1. The topological polar surface area (TPSA) is 111 Å². The fraction of sp³-hybridized carbons (Fsp3) is 0.296. The molecule has 3 aromatic carbocycles. The van der Waals surface area contributed by atoms with Crippen molar-refractivity contribution in [2.75, 3.05) is 0 Å². The molecule has 0 radical (unpaired) electrons. The first-order valence-corrected chi connectivity index (χ1v) is 11.4. The molecule has 0 fully saturated rings. The summed E-state index contributed by atoms with van der Waals surface area (Å²) in [6.45, 7) is 3.95. The van der Waals surface area contributed by atoms with Crippen LogP contribution in [0.15, 0.2) is 72.8 Å². The maximum Gasteiger partial charge on any atom is 0.408 e. The minimum absolute atomic E-state index is 0.0759. The van der Waals surface area contributed by atoms with E-state index in [9.17, 15) is 14.4 Å². The Balaban J connectivity index is 1.79. The lowest BCUT2D eigenvalue weighted by molar-refractivity contribution is -0.128. The maximum absolute atomic E-state index is 13.2. The quantitative estimate of drug-likeness (QED) is 0.428. The van der Waals surface area contributed by atoms with Crippen LogP contribution in [0.25, 0.3) is 10.8 Å². The molecule has 0 aliphatic carbocycles. The first-order valence-electron chi connectivity index (χ1n) is 11.4. The van der Waals surface area contributed by atoms with E-state index in [-0.39, 0.29) is 18.9 Å². The molecule has 178 valence electrons. The number of amides is 3. The van der Waals surface area contributed by atoms with E-state index in [0.29, 0.717) is 6.42 Å². The van der Waals surface area contributed by atoms with Gasteiger partial charge < -0.3 is 21.1 Å². The summed E-state index contributed by atoms with van der Waals surface area (Å²) in [6, 6.07) is 21.1. The van der Waals surface area contributed by atoms with Crippen molar-refractivity contribution in [1.29, 1.82) is 0 Å². The third-order valence-corrected chi connectivity index (χ3v) is 5.49. The predicted octanol–water partition coefficient (Wildman–Crippen LogP) is 3.69. The van der Waals surface area contributed by atoms with Crippen molar-refractivity contribution in [2.45, 2.75) is 45.4 Å².